The fraction of sp³-hybridized carbons (Fsp3) is 0.367. The predicted molar refractivity (Wildman–Crippen MR) is 157 cm³/mol. The lowest BCUT2D eigenvalue weighted by molar-refractivity contribution is 0.0600. The van der Waals surface area contributed by atoms with Crippen LogP contribution in [0.2, 0.25) is 0 Å². The van der Waals surface area contributed by atoms with Gasteiger partial charge in [-0.15, -0.1) is 24.9 Å². The molecule has 0 aliphatic rings. The topological polar surface area (TPSA) is 77.6 Å². The van der Waals surface area contributed by atoms with Crippen LogP contribution in [-0.4, -0.2) is 29.7 Å². The first-order valence-corrected chi connectivity index (χ1v) is 13.5. The van der Waals surface area contributed by atoms with Gasteiger partial charge in [-0.25, -0.2) is 4.79 Å². The van der Waals surface area contributed by atoms with E-state index >= 15 is 0 Å². The van der Waals surface area contributed by atoms with Crippen molar-refractivity contribution in [1.82, 2.24) is 4.98 Å². The van der Waals surface area contributed by atoms with Crippen molar-refractivity contribution in [3.8, 4) is 11.1 Å². The highest BCUT2D eigenvalue weighted by Crippen LogP contribution is 2.39. The maximum absolute atomic E-state index is 12.3. The van der Waals surface area contributed by atoms with E-state index in [0.29, 0.717) is 17.2 Å². The SMILES string of the molecule is C=C.CCCC(CC)c1cc(C(=O)OC)cc(N)c1-c1ccc2nc(CSC(C)=NCC)ccc2c1. The van der Waals surface area contributed by atoms with Crippen molar-refractivity contribution in [1.29, 1.82) is 0 Å². The van der Waals surface area contributed by atoms with Gasteiger partial charge in [0.25, 0.3) is 0 Å². The van der Waals surface area contributed by atoms with Crippen molar-refractivity contribution in [2.75, 3.05) is 19.4 Å². The Balaban J connectivity index is 0.00000222. The van der Waals surface area contributed by atoms with E-state index in [-0.39, 0.29) is 5.97 Å². The Kier molecular flexibility index (Phi) is 11.7. The van der Waals surface area contributed by atoms with Crippen molar-refractivity contribution < 1.29 is 9.53 Å². The molecular weight excluding hydrogens is 466 g/mol. The molecular formula is C30H39N3O2S. The smallest absolute Gasteiger partial charge is 0.337 e. The van der Waals surface area contributed by atoms with Crippen molar-refractivity contribution in [3.05, 3.63) is 72.4 Å². The third-order valence-corrected chi connectivity index (χ3v) is 7.02. The second-order valence-electron chi connectivity index (χ2n) is 8.41. The van der Waals surface area contributed by atoms with Crippen LogP contribution in [0.5, 0.6) is 0 Å². The number of nitrogen functional groups attached to an aromatic ring is 1. The van der Waals surface area contributed by atoms with Crippen LogP contribution in [0, 0.1) is 0 Å². The second-order valence-corrected chi connectivity index (χ2v) is 9.58. The summed E-state index contributed by atoms with van der Waals surface area (Å²) < 4.78 is 4.97. The number of carbonyl (C=O) groups is 1. The van der Waals surface area contributed by atoms with Crippen molar-refractivity contribution in [3.63, 3.8) is 0 Å². The van der Waals surface area contributed by atoms with Crippen LogP contribution in [-0.2, 0) is 10.5 Å². The summed E-state index contributed by atoms with van der Waals surface area (Å²) in [5, 5.41) is 2.15. The third-order valence-electron chi connectivity index (χ3n) is 6.04. The fourth-order valence-electron chi connectivity index (χ4n) is 4.36. The summed E-state index contributed by atoms with van der Waals surface area (Å²) in [4.78, 5) is 21.6. The van der Waals surface area contributed by atoms with Gasteiger partial charge in [0, 0.05) is 28.9 Å². The van der Waals surface area contributed by atoms with E-state index in [1.54, 1.807) is 17.8 Å². The predicted octanol–water partition coefficient (Wildman–Crippen LogP) is 8.04. The van der Waals surface area contributed by atoms with Crippen molar-refractivity contribution in [2.45, 2.75) is 58.6 Å². The minimum absolute atomic E-state index is 0.313. The molecule has 0 spiro atoms. The number of fused-ring (bicyclic) bond motifs is 1. The average molecular weight is 506 g/mol. The number of rotatable bonds is 9. The molecule has 5 nitrogen and oxygen atoms in total. The Labute approximate surface area is 220 Å². The number of carbonyl (C=O) groups excluding carboxylic acids is 1. The molecule has 1 aromatic heterocycles. The Hall–Kier alpha value is -3.12. The molecule has 1 heterocycles. The molecule has 1 atom stereocenters. The number of methoxy groups -OCH3 is 1. The highest BCUT2D eigenvalue weighted by atomic mass is 32.2. The Morgan fingerprint density at radius 1 is 1.14 bits per heavy atom. The number of nitrogens with two attached hydrogens (primary N) is 1. The zero-order valence-corrected chi connectivity index (χ0v) is 23.1. The van der Waals surface area contributed by atoms with Gasteiger partial charge in [-0.2, -0.15) is 0 Å². The summed E-state index contributed by atoms with van der Waals surface area (Å²) in [6.45, 7) is 15.2. The second kappa shape index (κ2) is 14.4. The largest absolute Gasteiger partial charge is 0.465 e. The van der Waals surface area contributed by atoms with Gasteiger partial charge >= 0.3 is 5.97 Å². The molecule has 0 amide bonds. The number of esters is 1. The van der Waals surface area contributed by atoms with Crippen LogP contribution in [0.1, 0.15) is 74.5 Å². The number of hydrogen-bond donors (Lipinski definition) is 1. The highest BCUT2D eigenvalue weighted by Gasteiger charge is 2.21. The molecule has 0 aliphatic carbocycles. The Bertz CT molecular complexity index is 1210. The molecule has 2 N–H and O–H groups in total. The molecule has 6 heteroatoms. The molecule has 192 valence electrons. The molecule has 0 bridgehead atoms. The molecule has 0 radical (unpaired) electrons. The first kappa shape index (κ1) is 29.1. The average Bonchev–Trinajstić information content (AvgIpc) is 2.90. The molecule has 3 aromatic rings. The van der Waals surface area contributed by atoms with Crippen LogP contribution < -0.4 is 5.73 Å². The van der Waals surface area contributed by atoms with E-state index in [2.05, 4.69) is 62.3 Å². The lowest BCUT2D eigenvalue weighted by Gasteiger charge is -2.22. The van der Waals surface area contributed by atoms with Crippen LogP contribution >= 0.6 is 11.8 Å². The van der Waals surface area contributed by atoms with Crippen molar-refractivity contribution in [2.24, 2.45) is 4.99 Å². The number of ether oxygens (including phenoxy) is 1. The normalized spacial score (nSPS) is 12.1. The molecule has 3 rings (SSSR count). The minimum Gasteiger partial charge on any atom is -0.465 e. The monoisotopic (exact) mass is 505 g/mol. The molecule has 2 aromatic carbocycles. The number of nitrogens with zero attached hydrogens (tertiary/aromatic N) is 2. The van der Waals surface area contributed by atoms with E-state index in [1.807, 2.05) is 19.9 Å². The zero-order chi connectivity index (χ0) is 26.7. The van der Waals surface area contributed by atoms with Crippen LogP contribution in [0.4, 0.5) is 5.69 Å². The molecule has 0 saturated carbocycles. The number of pyridine rings is 1. The maximum atomic E-state index is 12.3. The number of anilines is 1. The number of thioether (sulfide) groups is 1. The lowest BCUT2D eigenvalue weighted by atomic mass is 9.84. The van der Waals surface area contributed by atoms with Crippen LogP contribution in [0.3, 0.4) is 0 Å². The van der Waals surface area contributed by atoms with E-state index in [0.717, 1.165) is 69.9 Å². The maximum Gasteiger partial charge on any atom is 0.337 e. The number of aliphatic imine (C=N–C) groups is 1. The Morgan fingerprint density at radius 3 is 2.53 bits per heavy atom. The Morgan fingerprint density at radius 2 is 1.89 bits per heavy atom. The van der Waals surface area contributed by atoms with E-state index in [9.17, 15) is 4.79 Å². The van der Waals surface area contributed by atoms with E-state index < -0.39 is 0 Å². The molecule has 0 aliphatic heterocycles. The van der Waals surface area contributed by atoms with Gasteiger partial charge < -0.3 is 10.5 Å². The van der Waals surface area contributed by atoms with Gasteiger partial charge in [0.05, 0.1) is 28.9 Å². The summed E-state index contributed by atoms with van der Waals surface area (Å²) in [6.07, 6.45) is 3.07. The summed E-state index contributed by atoms with van der Waals surface area (Å²) in [7, 11) is 1.40. The zero-order valence-electron chi connectivity index (χ0n) is 22.3. The molecule has 0 saturated heterocycles. The van der Waals surface area contributed by atoms with Crippen LogP contribution in [0.25, 0.3) is 22.0 Å². The van der Waals surface area contributed by atoms with Gasteiger partial charge in [0.2, 0.25) is 0 Å². The number of hydrogen-bond acceptors (Lipinski definition) is 6. The van der Waals surface area contributed by atoms with Gasteiger partial charge in [-0.1, -0.05) is 32.4 Å². The van der Waals surface area contributed by atoms with Crippen molar-refractivity contribution >= 4 is 39.4 Å². The first-order chi connectivity index (χ1) is 17.4. The molecule has 0 fully saturated rings. The standard InChI is InChI=1S/C28H35N3O2S.C2H4/c1-6-9-19(7-2)24-15-22(28(32)33-5)16-25(29)27(24)21-11-13-26-20(14-21)10-12-23(31-26)17-34-18(4)30-8-3;1-2/h10-16,19H,6-9,17,29H2,1-5H3;1-2H2. The fourth-order valence-corrected chi connectivity index (χ4v) is 5.10. The lowest BCUT2D eigenvalue weighted by Crippen LogP contribution is -2.08. The van der Waals surface area contributed by atoms with Gasteiger partial charge in [-0.05, 0) is 74.1 Å². The highest BCUT2D eigenvalue weighted by molar-refractivity contribution is 8.13. The summed E-state index contributed by atoms with van der Waals surface area (Å²) >= 11 is 1.72. The summed E-state index contributed by atoms with van der Waals surface area (Å²) in [6, 6.07) is 14.2. The van der Waals surface area contributed by atoms with Gasteiger partial charge in [0.1, 0.15) is 0 Å². The van der Waals surface area contributed by atoms with E-state index in [4.69, 9.17) is 15.5 Å². The summed E-state index contributed by atoms with van der Waals surface area (Å²) in [5.41, 5.74) is 12.8. The van der Waals surface area contributed by atoms with Gasteiger partial charge in [-0.3, -0.25) is 9.98 Å². The number of aromatic nitrogens is 1. The minimum atomic E-state index is -0.363. The first-order valence-electron chi connectivity index (χ1n) is 12.5. The number of benzene rings is 2. The third kappa shape index (κ3) is 7.20. The molecule has 1 unspecified atom stereocenters. The van der Waals surface area contributed by atoms with Crippen LogP contribution in [0.15, 0.2) is 60.6 Å². The quantitative estimate of drug-likeness (QED) is 0.105. The summed E-state index contributed by atoms with van der Waals surface area (Å²) in [5.74, 6) is 0.750. The van der Waals surface area contributed by atoms with Gasteiger partial charge in [0.15, 0.2) is 0 Å². The van der Waals surface area contributed by atoms with E-state index in [1.165, 1.54) is 7.11 Å². The molecule has 36 heavy (non-hydrogen) atoms.